The first-order valence-corrected chi connectivity index (χ1v) is 10.9. The highest BCUT2D eigenvalue weighted by Crippen LogP contribution is 2.25. The van der Waals surface area contributed by atoms with Crippen molar-refractivity contribution in [3.8, 4) is 5.75 Å². The number of hydrogen-bond acceptors (Lipinski definition) is 3. The normalized spacial score (nSPS) is 14.7. The lowest BCUT2D eigenvalue weighted by Gasteiger charge is -2.31. The van der Waals surface area contributed by atoms with Crippen molar-refractivity contribution in [2.45, 2.75) is 25.9 Å². The van der Waals surface area contributed by atoms with Gasteiger partial charge in [-0.1, -0.05) is 30.3 Å². The second-order valence-electron chi connectivity index (χ2n) is 7.61. The molecule has 1 aromatic heterocycles. The zero-order chi connectivity index (χ0) is 20.9. The van der Waals surface area contributed by atoms with Crippen molar-refractivity contribution >= 4 is 17.2 Å². The summed E-state index contributed by atoms with van der Waals surface area (Å²) in [4.78, 5) is 15.4. The molecule has 1 aliphatic rings. The molecule has 1 fully saturated rings. The summed E-state index contributed by atoms with van der Waals surface area (Å²) >= 11 is 1.37. The highest BCUT2D eigenvalue weighted by Gasteiger charge is 2.24. The number of benzene rings is 2. The van der Waals surface area contributed by atoms with Gasteiger partial charge in [-0.25, -0.2) is 8.78 Å². The van der Waals surface area contributed by atoms with Gasteiger partial charge in [0.2, 0.25) is 0 Å². The zero-order valence-electron chi connectivity index (χ0n) is 16.5. The molecule has 0 N–H and O–H groups in total. The number of rotatable bonds is 6. The van der Waals surface area contributed by atoms with Gasteiger partial charge in [0.25, 0.3) is 5.91 Å². The summed E-state index contributed by atoms with van der Waals surface area (Å²) in [5.74, 6) is -0.738. The number of thiophene rings is 1. The summed E-state index contributed by atoms with van der Waals surface area (Å²) in [5, 5.41) is 1.84. The highest BCUT2D eigenvalue weighted by molar-refractivity contribution is 7.12. The monoisotopic (exact) mass is 427 g/mol. The fourth-order valence-corrected chi connectivity index (χ4v) is 4.62. The van der Waals surface area contributed by atoms with E-state index in [2.05, 4.69) is 24.3 Å². The fraction of sp³-hybridized carbons (Fsp3) is 0.292. The topological polar surface area (TPSA) is 29.5 Å². The van der Waals surface area contributed by atoms with E-state index in [0.717, 1.165) is 50.0 Å². The lowest BCUT2D eigenvalue weighted by Crippen LogP contribution is -2.38. The Balaban J connectivity index is 1.29. The molecule has 1 aliphatic heterocycles. The molecule has 0 saturated carbocycles. The minimum absolute atomic E-state index is 0.00374. The molecule has 156 valence electrons. The van der Waals surface area contributed by atoms with Crippen LogP contribution in [0, 0.1) is 17.6 Å². The molecule has 2 heterocycles. The van der Waals surface area contributed by atoms with Crippen LogP contribution in [0.4, 0.5) is 8.78 Å². The summed E-state index contributed by atoms with van der Waals surface area (Å²) < 4.78 is 32.1. The number of halogens is 2. The Morgan fingerprint density at radius 1 is 1.03 bits per heavy atom. The van der Waals surface area contributed by atoms with E-state index in [0.29, 0.717) is 10.8 Å². The summed E-state index contributed by atoms with van der Waals surface area (Å²) in [6, 6.07) is 15.5. The van der Waals surface area contributed by atoms with Crippen LogP contribution in [0.1, 0.15) is 33.6 Å². The summed E-state index contributed by atoms with van der Waals surface area (Å²) in [7, 11) is 0. The summed E-state index contributed by atoms with van der Waals surface area (Å²) in [6.45, 7) is 1.66. The number of nitrogens with zero attached hydrogens (tertiary/aromatic N) is 1. The molecule has 0 bridgehead atoms. The van der Waals surface area contributed by atoms with Gasteiger partial charge in [0, 0.05) is 24.7 Å². The van der Waals surface area contributed by atoms with Crippen LogP contribution in [-0.4, -0.2) is 23.9 Å². The molecule has 0 spiro atoms. The van der Waals surface area contributed by atoms with E-state index in [1.807, 2.05) is 16.3 Å². The number of carbonyl (C=O) groups is 1. The van der Waals surface area contributed by atoms with E-state index < -0.39 is 11.6 Å². The highest BCUT2D eigenvalue weighted by atomic mass is 32.1. The third-order valence-electron chi connectivity index (χ3n) is 5.42. The lowest BCUT2D eigenvalue weighted by atomic mass is 9.90. The largest absolute Gasteiger partial charge is 0.486 e. The number of piperidine rings is 1. The minimum atomic E-state index is -0.736. The molecule has 4 rings (SSSR count). The van der Waals surface area contributed by atoms with Gasteiger partial charge in [-0.05, 0) is 54.3 Å². The first-order chi connectivity index (χ1) is 14.6. The first kappa shape index (κ1) is 20.5. The van der Waals surface area contributed by atoms with Crippen molar-refractivity contribution in [3.63, 3.8) is 0 Å². The van der Waals surface area contributed by atoms with Crippen molar-refractivity contribution in [1.29, 1.82) is 0 Å². The molecular weight excluding hydrogens is 404 g/mol. The van der Waals surface area contributed by atoms with Crippen LogP contribution in [0.3, 0.4) is 0 Å². The first-order valence-electron chi connectivity index (χ1n) is 10.1. The number of carbonyl (C=O) groups excluding carboxylic acids is 1. The number of likely N-dealkylation sites (tertiary alicyclic amines) is 1. The molecule has 1 saturated heterocycles. The standard InChI is InChI=1S/C24H23F2NO2S/c25-20-6-7-22(21(26)14-20)29-15-19-13-23(30-16-19)24(28)27-10-8-18(9-11-27)12-17-4-2-1-3-5-17/h1-7,13-14,16,18H,8-12,15H2. The van der Waals surface area contributed by atoms with Crippen molar-refractivity contribution in [2.75, 3.05) is 13.1 Å². The van der Waals surface area contributed by atoms with Crippen molar-refractivity contribution in [3.05, 3.63) is 87.6 Å². The van der Waals surface area contributed by atoms with Gasteiger partial charge < -0.3 is 9.64 Å². The third-order valence-corrected chi connectivity index (χ3v) is 6.39. The van der Waals surface area contributed by atoms with Crippen LogP contribution in [0.25, 0.3) is 0 Å². The van der Waals surface area contributed by atoms with Crippen molar-refractivity contribution in [1.82, 2.24) is 4.90 Å². The van der Waals surface area contributed by atoms with E-state index in [1.165, 1.54) is 23.0 Å². The fourth-order valence-electron chi connectivity index (χ4n) is 3.76. The van der Waals surface area contributed by atoms with Gasteiger partial charge in [-0.15, -0.1) is 11.3 Å². The maximum absolute atomic E-state index is 13.7. The van der Waals surface area contributed by atoms with Crippen LogP contribution in [0.15, 0.2) is 60.0 Å². The number of ether oxygens (including phenoxy) is 1. The Morgan fingerprint density at radius 2 is 1.80 bits per heavy atom. The van der Waals surface area contributed by atoms with Gasteiger partial charge >= 0.3 is 0 Å². The second-order valence-corrected chi connectivity index (χ2v) is 8.52. The molecule has 2 aromatic carbocycles. The summed E-state index contributed by atoms with van der Waals surface area (Å²) in [5.41, 5.74) is 2.15. The molecule has 0 radical (unpaired) electrons. The van der Waals surface area contributed by atoms with Gasteiger partial charge in [-0.2, -0.15) is 0 Å². The molecule has 3 nitrogen and oxygen atoms in total. The Bertz CT molecular complexity index is 997. The molecule has 0 unspecified atom stereocenters. The lowest BCUT2D eigenvalue weighted by molar-refractivity contribution is 0.0695. The number of hydrogen-bond donors (Lipinski definition) is 0. The van der Waals surface area contributed by atoms with E-state index in [1.54, 1.807) is 6.07 Å². The van der Waals surface area contributed by atoms with Gasteiger partial charge in [0.05, 0.1) is 4.88 Å². The molecule has 1 amide bonds. The van der Waals surface area contributed by atoms with Gasteiger partial charge in [-0.3, -0.25) is 4.79 Å². The smallest absolute Gasteiger partial charge is 0.263 e. The Kier molecular flexibility index (Phi) is 6.43. The molecule has 30 heavy (non-hydrogen) atoms. The maximum atomic E-state index is 13.7. The van der Waals surface area contributed by atoms with E-state index in [-0.39, 0.29) is 18.3 Å². The maximum Gasteiger partial charge on any atom is 0.263 e. The zero-order valence-corrected chi connectivity index (χ0v) is 17.3. The summed E-state index contributed by atoms with van der Waals surface area (Å²) in [6.07, 6.45) is 3.07. The average Bonchev–Trinajstić information content (AvgIpc) is 3.23. The van der Waals surface area contributed by atoms with Crippen LogP contribution >= 0.6 is 11.3 Å². The Morgan fingerprint density at radius 3 is 2.53 bits per heavy atom. The van der Waals surface area contributed by atoms with Crippen molar-refractivity contribution in [2.24, 2.45) is 5.92 Å². The molecule has 0 aliphatic carbocycles. The van der Waals surface area contributed by atoms with Crippen LogP contribution in [0.5, 0.6) is 5.75 Å². The quantitative estimate of drug-likeness (QED) is 0.505. The van der Waals surface area contributed by atoms with E-state index in [4.69, 9.17) is 4.74 Å². The van der Waals surface area contributed by atoms with Crippen LogP contribution < -0.4 is 4.74 Å². The predicted molar refractivity (Wildman–Crippen MR) is 114 cm³/mol. The van der Waals surface area contributed by atoms with Gasteiger partial charge in [0.15, 0.2) is 11.6 Å². The predicted octanol–water partition coefficient (Wildman–Crippen LogP) is 5.70. The molecule has 6 heteroatoms. The van der Waals surface area contributed by atoms with Crippen molar-refractivity contribution < 1.29 is 18.3 Å². The average molecular weight is 428 g/mol. The third kappa shape index (κ3) is 5.05. The molecule has 3 aromatic rings. The van der Waals surface area contributed by atoms with Crippen LogP contribution in [-0.2, 0) is 13.0 Å². The SMILES string of the molecule is O=C(c1cc(COc2ccc(F)cc2F)cs1)N1CCC(Cc2ccccc2)CC1. The van der Waals surface area contributed by atoms with E-state index >= 15 is 0 Å². The van der Waals surface area contributed by atoms with Gasteiger partial charge in [0.1, 0.15) is 12.4 Å². The Hall–Kier alpha value is -2.73. The molecule has 0 atom stereocenters. The minimum Gasteiger partial charge on any atom is -0.486 e. The molecular formula is C24H23F2NO2S. The van der Waals surface area contributed by atoms with Crippen LogP contribution in [0.2, 0.25) is 0 Å². The number of amides is 1. The van der Waals surface area contributed by atoms with E-state index in [9.17, 15) is 13.6 Å². The second kappa shape index (κ2) is 9.39. The Labute approximate surface area is 178 Å².